The molecule has 1 aliphatic rings. The molecule has 2 amide bonds. The maximum Gasteiger partial charge on any atom is 0.318 e. The van der Waals surface area contributed by atoms with Crippen LogP contribution in [0.3, 0.4) is 0 Å². The minimum absolute atomic E-state index is 0.103. The van der Waals surface area contributed by atoms with Crippen molar-refractivity contribution in [1.29, 1.82) is 0 Å². The lowest BCUT2D eigenvalue weighted by molar-refractivity contribution is 0.200. The van der Waals surface area contributed by atoms with Crippen molar-refractivity contribution in [3.8, 4) is 0 Å². The molecule has 0 unspecified atom stereocenters. The lowest BCUT2D eigenvalue weighted by atomic mass is 10.2. The van der Waals surface area contributed by atoms with Crippen LogP contribution in [-0.2, 0) is 13.1 Å². The zero-order valence-electron chi connectivity index (χ0n) is 17.3. The van der Waals surface area contributed by atoms with Crippen LogP contribution in [0.25, 0.3) is 0 Å². The number of carbonyl (C=O) groups is 1. The van der Waals surface area contributed by atoms with Crippen molar-refractivity contribution >= 4 is 11.8 Å². The summed E-state index contributed by atoms with van der Waals surface area (Å²) in [6, 6.07) is 14.0. The molecule has 1 aliphatic heterocycles. The molecule has 2 aromatic rings. The first-order chi connectivity index (χ1) is 14.2. The zero-order valence-corrected chi connectivity index (χ0v) is 17.3. The van der Waals surface area contributed by atoms with Crippen LogP contribution in [0.5, 0.6) is 0 Å². The lowest BCUT2D eigenvalue weighted by Gasteiger charge is -2.34. The van der Waals surface area contributed by atoms with Gasteiger partial charge < -0.3 is 20.0 Å². The molecule has 0 aliphatic carbocycles. The minimum Gasteiger partial charge on any atom is -0.354 e. The Morgan fingerprint density at radius 1 is 1.14 bits per heavy atom. The predicted octanol–water partition coefficient (Wildman–Crippen LogP) is 3.12. The van der Waals surface area contributed by atoms with Crippen LogP contribution < -0.4 is 10.2 Å². The highest BCUT2D eigenvalue weighted by molar-refractivity contribution is 5.74. The van der Waals surface area contributed by atoms with E-state index in [1.54, 1.807) is 11.0 Å². The molecule has 29 heavy (non-hydrogen) atoms. The van der Waals surface area contributed by atoms with Crippen molar-refractivity contribution in [3.05, 3.63) is 72.4 Å². The summed E-state index contributed by atoms with van der Waals surface area (Å²) in [7, 11) is 0. The third kappa shape index (κ3) is 6.06. The van der Waals surface area contributed by atoms with E-state index in [0.29, 0.717) is 19.6 Å². The molecule has 0 bridgehead atoms. The van der Waals surface area contributed by atoms with Gasteiger partial charge in [-0.3, -0.25) is 0 Å². The number of piperazine rings is 1. The second-order valence-corrected chi connectivity index (χ2v) is 7.26. The number of anilines is 1. The van der Waals surface area contributed by atoms with Gasteiger partial charge in [0, 0.05) is 52.0 Å². The fourth-order valence-corrected chi connectivity index (χ4v) is 3.47. The number of pyridine rings is 1. The van der Waals surface area contributed by atoms with E-state index in [-0.39, 0.29) is 6.03 Å². The number of nitrogens with zero attached hydrogens (tertiary/aromatic N) is 4. The maximum atomic E-state index is 12.6. The average molecular weight is 394 g/mol. The standard InChI is InChI=1S/C23H31N5O/c1-3-12-28(19-20-8-6-5-7-9-20)23(29)25-18-21-10-11-22(24-17-21)27-15-13-26(4-2)14-16-27/h3,5-11,17H,1,4,12-16,18-19H2,2H3,(H,25,29). The SMILES string of the molecule is C=CCN(Cc1ccccc1)C(=O)NCc1ccc(N2CCN(CC)CC2)nc1. The van der Waals surface area contributed by atoms with Crippen LogP contribution >= 0.6 is 0 Å². The van der Waals surface area contributed by atoms with Crippen molar-refractivity contribution in [1.82, 2.24) is 20.1 Å². The molecule has 1 N–H and O–H groups in total. The Hall–Kier alpha value is -2.86. The van der Waals surface area contributed by atoms with Gasteiger partial charge in [-0.25, -0.2) is 9.78 Å². The number of urea groups is 1. The fraction of sp³-hybridized carbons (Fsp3) is 0.391. The first-order valence-electron chi connectivity index (χ1n) is 10.3. The molecule has 6 nitrogen and oxygen atoms in total. The Labute approximate surface area is 173 Å². The highest BCUT2D eigenvalue weighted by Gasteiger charge is 2.17. The molecule has 1 fully saturated rings. The summed E-state index contributed by atoms with van der Waals surface area (Å²) in [5, 5.41) is 3.00. The number of hydrogen-bond donors (Lipinski definition) is 1. The van der Waals surface area contributed by atoms with Gasteiger partial charge in [-0.15, -0.1) is 6.58 Å². The number of rotatable bonds is 8. The average Bonchev–Trinajstić information content (AvgIpc) is 2.78. The molecule has 6 heteroatoms. The minimum atomic E-state index is -0.103. The first-order valence-corrected chi connectivity index (χ1v) is 10.3. The van der Waals surface area contributed by atoms with Gasteiger partial charge in [-0.05, 0) is 23.7 Å². The van der Waals surface area contributed by atoms with Gasteiger partial charge >= 0.3 is 6.03 Å². The van der Waals surface area contributed by atoms with Crippen LogP contribution in [0.1, 0.15) is 18.1 Å². The molecule has 1 aromatic heterocycles. The first kappa shape index (κ1) is 20.9. The van der Waals surface area contributed by atoms with E-state index in [1.165, 1.54) is 0 Å². The summed E-state index contributed by atoms with van der Waals surface area (Å²) in [6.07, 6.45) is 3.61. The molecule has 0 atom stereocenters. The highest BCUT2D eigenvalue weighted by atomic mass is 16.2. The molecule has 1 saturated heterocycles. The van der Waals surface area contributed by atoms with Gasteiger partial charge in [0.1, 0.15) is 5.82 Å². The Morgan fingerprint density at radius 3 is 2.52 bits per heavy atom. The highest BCUT2D eigenvalue weighted by Crippen LogP contribution is 2.14. The molecular formula is C23H31N5O. The number of aromatic nitrogens is 1. The summed E-state index contributed by atoms with van der Waals surface area (Å²) in [5.41, 5.74) is 2.09. The van der Waals surface area contributed by atoms with E-state index in [0.717, 1.165) is 49.7 Å². The molecular weight excluding hydrogens is 362 g/mol. The summed E-state index contributed by atoms with van der Waals surface area (Å²) >= 11 is 0. The molecule has 3 rings (SSSR count). The Kier molecular flexibility index (Phi) is 7.64. The number of hydrogen-bond acceptors (Lipinski definition) is 4. The second-order valence-electron chi connectivity index (χ2n) is 7.26. The van der Waals surface area contributed by atoms with E-state index in [2.05, 4.69) is 39.7 Å². The summed E-state index contributed by atoms with van der Waals surface area (Å²) < 4.78 is 0. The van der Waals surface area contributed by atoms with E-state index >= 15 is 0 Å². The topological polar surface area (TPSA) is 51.7 Å². The number of likely N-dealkylation sites (N-methyl/N-ethyl adjacent to an activating group) is 1. The smallest absolute Gasteiger partial charge is 0.318 e. The second kappa shape index (κ2) is 10.6. The van der Waals surface area contributed by atoms with E-state index in [9.17, 15) is 4.79 Å². The van der Waals surface area contributed by atoms with Crippen molar-refractivity contribution in [3.63, 3.8) is 0 Å². The van der Waals surface area contributed by atoms with Gasteiger partial charge in [-0.2, -0.15) is 0 Å². The molecule has 154 valence electrons. The van der Waals surface area contributed by atoms with E-state index in [4.69, 9.17) is 0 Å². The van der Waals surface area contributed by atoms with Crippen molar-refractivity contribution < 1.29 is 4.79 Å². The Bertz CT molecular complexity index is 770. The lowest BCUT2D eigenvalue weighted by Crippen LogP contribution is -2.46. The van der Waals surface area contributed by atoms with Gasteiger partial charge in [-0.1, -0.05) is 49.4 Å². The number of amides is 2. The van der Waals surface area contributed by atoms with Crippen LogP contribution in [0, 0.1) is 0 Å². The van der Waals surface area contributed by atoms with Gasteiger partial charge in [0.25, 0.3) is 0 Å². The van der Waals surface area contributed by atoms with Crippen LogP contribution in [0.2, 0.25) is 0 Å². The van der Waals surface area contributed by atoms with Gasteiger partial charge in [0.05, 0.1) is 0 Å². The Balaban J connectivity index is 1.51. The normalized spacial score (nSPS) is 14.4. The molecule has 0 radical (unpaired) electrons. The summed E-state index contributed by atoms with van der Waals surface area (Å²) in [6.45, 7) is 12.8. The number of nitrogens with one attached hydrogen (secondary N) is 1. The largest absolute Gasteiger partial charge is 0.354 e. The third-order valence-electron chi connectivity index (χ3n) is 5.25. The van der Waals surface area contributed by atoms with Crippen molar-refractivity contribution in [2.75, 3.05) is 44.2 Å². The van der Waals surface area contributed by atoms with Crippen molar-refractivity contribution in [2.24, 2.45) is 0 Å². The number of carbonyl (C=O) groups excluding carboxylic acids is 1. The number of benzene rings is 1. The van der Waals surface area contributed by atoms with Gasteiger partial charge in [0.2, 0.25) is 0 Å². The van der Waals surface area contributed by atoms with Gasteiger partial charge in [0.15, 0.2) is 0 Å². The van der Waals surface area contributed by atoms with Crippen molar-refractivity contribution in [2.45, 2.75) is 20.0 Å². The Morgan fingerprint density at radius 2 is 1.90 bits per heavy atom. The van der Waals surface area contributed by atoms with E-state index < -0.39 is 0 Å². The molecule has 0 saturated carbocycles. The molecule has 1 aromatic carbocycles. The van der Waals surface area contributed by atoms with Crippen LogP contribution in [-0.4, -0.2) is 60.1 Å². The third-order valence-corrected chi connectivity index (χ3v) is 5.25. The zero-order chi connectivity index (χ0) is 20.5. The fourth-order valence-electron chi connectivity index (χ4n) is 3.47. The van der Waals surface area contributed by atoms with E-state index in [1.807, 2.05) is 42.6 Å². The predicted molar refractivity (Wildman–Crippen MR) is 118 cm³/mol. The van der Waals surface area contributed by atoms with Crippen LogP contribution in [0.15, 0.2) is 61.3 Å². The quantitative estimate of drug-likeness (QED) is 0.700. The maximum absolute atomic E-state index is 12.6. The summed E-state index contributed by atoms with van der Waals surface area (Å²) in [5.74, 6) is 1.01. The molecule has 0 spiro atoms. The summed E-state index contributed by atoms with van der Waals surface area (Å²) in [4.78, 5) is 23.7. The molecule has 2 heterocycles. The monoisotopic (exact) mass is 393 g/mol. The van der Waals surface area contributed by atoms with Crippen LogP contribution in [0.4, 0.5) is 10.6 Å².